The Hall–Kier alpha value is 0.230. The van der Waals surface area contributed by atoms with Gasteiger partial charge >= 0.3 is 0 Å². The molecule has 0 amide bonds. The summed E-state index contributed by atoms with van der Waals surface area (Å²) in [4.78, 5) is 0. The third kappa shape index (κ3) is 1.63. The van der Waals surface area contributed by atoms with Crippen LogP contribution in [0.25, 0.3) is 0 Å². The van der Waals surface area contributed by atoms with Gasteiger partial charge in [-0.25, -0.2) is 0 Å². The van der Waals surface area contributed by atoms with E-state index in [2.05, 4.69) is 0 Å². The molecule has 1 fully saturated rings. The maximum Gasteiger partial charge on any atom is 0.115 e. The summed E-state index contributed by atoms with van der Waals surface area (Å²) in [5, 5.41) is 18.1. The van der Waals surface area contributed by atoms with Gasteiger partial charge in [0.1, 0.15) is 18.8 Å². The molecule has 4 heteroatoms. The highest BCUT2D eigenvalue weighted by Crippen LogP contribution is 2.19. The number of ether oxygens (including phenoxy) is 1. The molecule has 0 aliphatic carbocycles. The Labute approximate surface area is 64.4 Å². The van der Waals surface area contributed by atoms with Crippen LogP contribution in [-0.2, 0) is 4.74 Å². The molecular formula is C6H11O3S. The number of hydrogen-bond acceptors (Lipinski definition) is 4. The van der Waals surface area contributed by atoms with Crippen LogP contribution in [0.1, 0.15) is 0 Å². The largest absolute Gasteiger partial charge is 0.388 e. The minimum atomic E-state index is -0.808. The van der Waals surface area contributed by atoms with E-state index in [0.29, 0.717) is 5.75 Å². The van der Waals surface area contributed by atoms with Gasteiger partial charge in [-0.3, -0.25) is 0 Å². The second-order valence-corrected chi connectivity index (χ2v) is 3.16. The number of aliphatic hydroxyl groups excluding tert-OH is 2. The molecule has 0 aromatic carbocycles. The molecule has 3 atom stereocenters. The van der Waals surface area contributed by atoms with Crippen molar-refractivity contribution in [3.05, 3.63) is 6.61 Å². The zero-order chi connectivity index (χ0) is 7.56. The van der Waals surface area contributed by atoms with E-state index in [-0.39, 0.29) is 6.10 Å². The van der Waals surface area contributed by atoms with Gasteiger partial charge in [-0.1, -0.05) is 0 Å². The highest BCUT2D eigenvalue weighted by atomic mass is 32.2. The summed E-state index contributed by atoms with van der Waals surface area (Å²) in [6, 6.07) is 0. The smallest absolute Gasteiger partial charge is 0.115 e. The molecule has 2 N–H and O–H groups in total. The molecular weight excluding hydrogens is 152 g/mol. The molecule has 1 saturated heterocycles. The number of thioether (sulfide) groups is 1. The van der Waals surface area contributed by atoms with Crippen LogP contribution in [0.2, 0.25) is 0 Å². The van der Waals surface area contributed by atoms with Crippen molar-refractivity contribution < 1.29 is 14.9 Å². The van der Waals surface area contributed by atoms with Crippen molar-refractivity contribution in [3.63, 3.8) is 0 Å². The Balaban J connectivity index is 2.33. The summed E-state index contributed by atoms with van der Waals surface area (Å²) in [5.41, 5.74) is 0. The third-order valence-electron chi connectivity index (χ3n) is 1.45. The predicted molar refractivity (Wildman–Crippen MR) is 39.6 cm³/mol. The molecule has 0 aromatic rings. The normalized spacial score (nSPS) is 40.5. The Bertz CT molecular complexity index is 107. The Morgan fingerprint density at radius 3 is 2.70 bits per heavy atom. The average molecular weight is 163 g/mol. The maximum atomic E-state index is 9.17. The molecule has 0 saturated carbocycles. The lowest BCUT2D eigenvalue weighted by molar-refractivity contribution is 0.0337. The lowest BCUT2D eigenvalue weighted by Gasteiger charge is -2.12. The van der Waals surface area contributed by atoms with Gasteiger partial charge in [0, 0.05) is 5.75 Å². The monoisotopic (exact) mass is 163 g/mol. The average Bonchev–Trinajstić information content (AvgIpc) is 2.20. The molecule has 0 unspecified atom stereocenters. The van der Waals surface area contributed by atoms with Crippen LogP contribution in [0.5, 0.6) is 0 Å². The van der Waals surface area contributed by atoms with Crippen molar-refractivity contribution in [2.24, 2.45) is 0 Å². The molecule has 1 aliphatic heterocycles. The lowest BCUT2D eigenvalue weighted by atomic mass is 10.2. The van der Waals surface area contributed by atoms with Crippen LogP contribution in [-0.4, -0.2) is 40.5 Å². The topological polar surface area (TPSA) is 49.7 Å². The van der Waals surface area contributed by atoms with Crippen LogP contribution in [0, 0.1) is 6.61 Å². The van der Waals surface area contributed by atoms with Crippen molar-refractivity contribution in [3.8, 4) is 0 Å². The first-order chi connectivity index (χ1) is 4.75. The van der Waals surface area contributed by atoms with Crippen LogP contribution < -0.4 is 0 Å². The highest BCUT2D eigenvalue weighted by molar-refractivity contribution is 7.98. The van der Waals surface area contributed by atoms with Gasteiger partial charge in [-0.05, 0) is 6.26 Å². The summed E-state index contributed by atoms with van der Waals surface area (Å²) in [6.45, 7) is 1.28. The van der Waals surface area contributed by atoms with Crippen LogP contribution >= 0.6 is 11.8 Å². The van der Waals surface area contributed by atoms with E-state index in [0.717, 1.165) is 0 Å². The van der Waals surface area contributed by atoms with Gasteiger partial charge < -0.3 is 14.9 Å². The van der Waals surface area contributed by atoms with Gasteiger partial charge in [-0.15, -0.1) is 0 Å². The fraction of sp³-hybridized carbons (Fsp3) is 0.833. The van der Waals surface area contributed by atoms with Gasteiger partial charge in [0.2, 0.25) is 0 Å². The zero-order valence-corrected chi connectivity index (χ0v) is 6.54. The summed E-state index contributed by atoms with van der Waals surface area (Å²) in [7, 11) is 0. The first kappa shape index (κ1) is 8.33. The van der Waals surface area contributed by atoms with E-state index in [9.17, 15) is 0 Å². The van der Waals surface area contributed by atoms with E-state index in [1.807, 2.05) is 6.26 Å². The van der Waals surface area contributed by atoms with Gasteiger partial charge in [-0.2, -0.15) is 11.8 Å². The molecule has 10 heavy (non-hydrogen) atoms. The van der Waals surface area contributed by atoms with Crippen LogP contribution in [0.15, 0.2) is 0 Å². The zero-order valence-electron chi connectivity index (χ0n) is 5.73. The van der Waals surface area contributed by atoms with E-state index in [1.54, 1.807) is 11.8 Å². The molecule has 3 nitrogen and oxygen atoms in total. The second-order valence-electron chi connectivity index (χ2n) is 2.25. The van der Waals surface area contributed by atoms with Crippen molar-refractivity contribution in [2.45, 2.75) is 18.3 Å². The minimum Gasteiger partial charge on any atom is -0.388 e. The highest BCUT2D eigenvalue weighted by Gasteiger charge is 2.34. The molecule has 0 aromatic heterocycles. The number of hydrogen-bond donors (Lipinski definition) is 2. The fourth-order valence-electron chi connectivity index (χ4n) is 0.864. The number of aliphatic hydroxyl groups is 2. The molecule has 0 bridgehead atoms. The van der Waals surface area contributed by atoms with Crippen molar-refractivity contribution in [1.82, 2.24) is 0 Å². The minimum absolute atomic E-state index is 0.231. The van der Waals surface area contributed by atoms with Crippen molar-refractivity contribution in [2.75, 3.05) is 12.0 Å². The standard InChI is InChI=1S/C6H11O3S/c1-10-3-5-6(8)4(7)2-9-5/h2,4-8H,3H2,1H3/t4-,5+,6+/m0/s1. The quantitative estimate of drug-likeness (QED) is 0.583. The molecule has 0 spiro atoms. The van der Waals surface area contributed by atoms with E-state index >= 15 is 0 Å². The molecule has 59 valence electrons. The van der Waals surface area contributed by atoms with Crippen molar-refractivity contribution in [1.29, 1.82) is 0 Å². The summed E-state index contributed by atoms with van der Waals surface area (Å²) in [5.74, 6) is 0.717. The third-order valence-corrected chi connectivity index (χ3v) is 2.12. The van der Waals surface area contributed by atoms with Gasteiger partial charge in [0.15, 0.2) is 0 Å². The predicted octanol–water partition coefficient (Wildman–Crippen LogP) is -0.368. The van der Waals surface area contributed by atoms with E-state index in [1.165, 1.54) is 6.61 Å². The van der Waals surface area contributed by atoms with E-state index in [4.69, 9.17) is 14.9 Å². The second kappa shape index (κ2) is 3.57. The van der Waals surface area contributed by atoms with Gasteiger partial charge in [0.05, 0.1) is 6.10 Å². The Morgan fingerprint density at radius 2 is 2.30 bits per heavy atom. The van der Waals surface area contributed by atoms with Gasteiger partial charge in [0.25, 0.3) is 0 Å². The molecule has 1 radical (unpaired) electrons. The fourth-order valence-corrected chi connectivity index (χ4v) is 1.47. The summed E-state index contributed by atoms with van der Waals surface area (Å²) >= 11 is 1.59. The summed E-state index contributed by atoms with van der Waals surface area (Å²) in [6.07, 6.45) is 0.149. The SMILES string of the molecule is CSC[C@H]1O[CH][C@H](O)[C@H]1O. The molecule has 1 rings (SSSR count). The van der Waals surface area contributed by atoms with Crippen LogP contribution in [0.3, 0.4) is 0 Å². The summed E-state index contributed by atoms with van der Waals surface area (Å²) < 4.78 is 4.97. The number of rotatable bonds is 2. The first-order valence-electron chi connectivity index (χ1n) is 3.09. The lowest BCUT2D eigenvalue weighted by Crippen LogP contribution is -2.30. The maximum absolute atomic E-state index is 9.17. The van der Waals surface area contributed by atoms with E-state index < -0.39 is 12.2 Å². The van der Waals surface area contributed by atoms with Crippen molar-refractivity contribution >= 4 is 11.8 Å². The molecule has 1 heterocycles. The van der Waals surface area contributed by atoms with Crippen LogP contribution in [0.4, 0.5) is 0 Å². The Morgan fingerprint density at radius 1 is 1.60 bits per heavy atom. The first-order valence-corrected chi connectivity index (χ1v) is 4.49. The Kier molecular flexibility index (Phi) is 2.97. The molecule has 1 aliphatic rings.